The zero-order valence-corrected chi connectivity index (χ0v) is 16.4. The Bertz CT molecular complexity index is 912. The maximum absolute atomic E-state index is 11.0. The smallest absolute Gasteiger partial charge is 0.335 e. The van der Waals surface area contributed by atoms with Gasteiger partial charge in [-0.05, 0) is 53.1 Å². The minimum absolute atomic E-state index is 0.287. The number of carbonyl (C=O) groups is 1. The van der Waals surface area contributed by atoms with E-state index in [0.717, 1.165) is 24.2 Å². The molecule has 28 heavy (non-hydrogen) atoms. The van der Waals surface area contributed by atoms with Crippen molar-refractivity contribution in [1.82, 2.24) is 0 Å². The number of aromatic carboxylic acids is 1. The molecule has 0 bridgehead atoms. The van der Waals surface area contributed by atoms with Crippen molar-refractivity contribution in [3.8, 4) is 5.75 Å². The quantitative estimate of drug-likeness (QED) is 0.536. The molecule has 0 saturated heterocycles. The van der Waals surface area contributed by atoms with Gasteiger partial charge in [-0.1, -0.05) is 74.5 Å². The molecule has 0 saturated carbocycles. The Balaban J connectivity index is 1.78. The second-order valence-corrected chi connectivity index (χ2v) is 7.27. The van der Waals surface area contributed by atoms with Gasteiger partial charge < -0.3 is 9.84 Å². The number of carboxylic acid groups (broad SMARTS) is 1. The zero-order valence-electron chi connectivity index (χ0n) is 16.4. The number of benzene rings is 3. The summed E-state index contributed by atoms with van der Waals surface area (Å²) in [5, 5.41) is 9.04. The van der Waals surface area contributed by atoms with Crippen molar-refractivity contribution < 1.29 is 14.6 Å². The van der Waals surface area contributed by atoms with Crippen LogP contribution in [0.2, 0.25) is 0 Å². The van der Waals surface area contributed by atoms with Gasteiger partial charge in [0, 0.05) is 0 Å². The van der Waals surface area contributed by atoms with Crippen LogP contribution in [-0.4, -0.2) is 11.1 Å². The minimum atomic E-state index is -0.916. The Morgan fingerprint density at radius 1 is 0.857 bits per heavy atom. The average Bonchev–Trinajstić information content (AvgIpc) is 2.71. The van der Waals surface area contributed by atoms with Crippen molar-refractivity contribution in [3.05, 3.63) is 101 Å². The Labute approximate surface area is 166 Å². The summed E-state index contributed by atoms with van der Waals surface area (Å²) in [6, 6.07) is 23.7. The van der Waals surface area contributed by atoms with Crippen molar-refractivity contribution >= 4 is 5.97 Å². The molecule has 3 aromatic rings. The second-order valence-electron chi connectivity index (χ2n) is 7.27. The maximum Gasteiger partial charge on any atom is 0.335 e. The third-order valence-electron chi connectivity index (χ3n) is 4.86. The first kappa shape index (κ1) is 19.7. The Morgan fingerprint density at radius 2 is 1.57 bits per heavy atom. The van der Waals surface area contributed by atoms with E-state index in [0.29, 0.717) is 12.5 Å². The largest absolute Gasteiger partial charge is 0.488 e. The summed E-state index contributed by atoms with van der Waals surface area (Å²) in [4.78, 5) is 11.0. The molecule has 0 atom stereocenters. The molecule has 0 radical (unpaired) electrons. The van der Waals surface area contributed by atoms with Crippen LogP contribution in [0.15, 0.2) is 72.8 Å². The fraction of sp³-hybridized carbons (Fsp3) is 0.240. The highest BCUT2D eigenvalue weighted by Gasteiger charge is 2.13. The van der Waals surface area contributed by atoms with Crippen molar-refractivity contribution in [2.24, 2.45) is 0 Å². The number of rotatable bonds is 8. The molecule has 3 rings (SSSR count). The molecular formula is C25H26O3. The lowest BCUT2D eigenvalue weighted by molar-refractivity contribution is 0.0697. The summed E-state index contributed by atoms with van der Waals surface area (Å²) in [5.41, 5.74) is 4.96. The van der Waals surface area contributed by atoms with E-state index in [1.165, 1.54) is 16.7 Å². The lowest BCUT2D eigenvalue weighted by Gasteiger charge is -2.18. The van der Waals surface area contributed by atoms with Gasteiger partial charge in [0.2, 0.25) is 0 Å². The van der Waals surface area contributed by atoms with Crippen LogP contribution in [0, 0.1) is 0 Å². The predicted octanol–water partition coefficient (Wildman–Crippen LogP) is 5.87. The normalized spacial score (nSPS) is 10.8. The average molecular weight is 374 g/mol. The number of carboxylic acids is 1. The summed E-state index contributed by atoms with van der Waals surface area (Å²) < 4.78 is 6.26. The fourth-order valence-corrected chi connectivity index (χ4v) is 3.25. The van der Waals surface area contributed by atoms with E-state index in [1.807, 2.05) is 18.2 Å². The molecule has 1 N–H and O–H groups in total. The molecule has 0 aliphatic heterocycles. The fourth-order valence-electron chi connectivity index (χ4n) is 3.25. The molecule has 0 aromatic heterocycles. The van der Waals surface area contributed by atoms with Gasteiger partial charge in [0.25, 0.3) is 0 Å². The van der Waals surface area contributed by atoms with Gasteiger partial charge in [-0.15, -0.1) is 0 Å². The summed E-state index contributed by atoms with van der Waals surface area (Å²) >= 11 is 0. The van der Waals surface area contributed by atoms with E-state index >= 15 is 0 Å². The maximum atomic E-state index is 11.0. The van der Waals surface area contributed by atoms with Gasteiger partial charge in [-0.3, -0.25) is 0 Å². The molecule has 3 aromatic carbocycles. The molecule has 0 heterocycles. The van der Waals surface area contributed by atoms with E-state index in [1.54, 1.807) is 12.1 Å². The van der Waals surface area contributed by atoms with E-state index < -0.39 is 5.97 Å². The Morgan fingerprint density at radius 3 is 2.21 bits per heavy atom. The van der Waals surface area contributed by atoms with Crippen LogP contribution in [-0.2, 0) is 19.4 Å². The van der Waals surface area contributed by atoms with Crippen molar-refractivity contribution in [3.63, 3.8) is 0 Å². The van der Waals surface area contributed by atoms with E-state index in [9.17, 15) is 4.79 Å². The summed E-state index contributed by atoms with van der Waals surface area (Å²) in [5.74, 6) is 0.401. The highest BCUT2D eigenvalue weighted by Crippen LogP contribution is 2.32. The Hall–Kier alpha value is -3.07. The van der Waals surface area contributed by atoms with Crippen LogP contribution in [0.5, 0.6) is 5.75 Å². The zero-order chi connectivity index (χ0) is 19.9. The van der Waals surface area contributed by atoms with Gasteiger partial charge in [-0.2, -0.15) is 0 Å². The predicted molar refractivity (Wildman–Crippen MR) is 112 cm³/mol. The van der Waals surface area contributed by atoms with Gasteiger partial charge >= 0.3 is 5.97 Å². The van der Waals surface area contributed by atoms with Crippen LogP contribution in [0.25, 0.3) is 0 Å². The lowest BCUT2D eigenvalue weighted by Crippen LogP contribution is -2.05. The second kappa shape index (κ2) is 9.23. The topological polar surface area (TPSA) is 46.5 Å². The highest BCUT2D eigenvalue weighted by atomic mass is 16.5. The van der Waals surface area contributed by atoms with Gasteiger partial charge in [0.15, 0.2) is 0 Å². The third-order valence-corrected chi connectivity index (χ3v) is 4.86. The Kier molecular flexibility index (Phi) is 6.49. The van der Waals surface area contributed by atoms with Gasteiger partial charge in [-0.25, -0.2) is 4.79 Å². The highest BCUT2D eigenvalue weighted by molar-refractivity contribution is 5.87. The van der Waals surface area contributed by atoms with Crippen molar-refractivity contribution in [2.75, 3.05) is 0 Å². The van der Waals surface area contributed by atoms with Crippen molar-refractivity contribution in [1.29, 1.82) is 0 Å². The first-order valence-corrected chi connectivity index (χ1v) is 9.65. The summed E-state index contributed by atoms with van der Waals surface area (Å²) in [6.07, 6.45) is 1.88. The molecule has 0 aliphatic rings. The molecule has 0 spiro atoms. The van der Waals surface area contributed by atoms with Gasteiger partial charge in [0.05, 0.1) is 5.56 Å². The molecule has 0 aliphatic carbocycles. The molecule has 144 valence electrons. The first-order valence-electron chi connectivity index (χ1n) is 9.65. The lowest BCUT2D eigenvalue weighted by atomic mass is 9.96. The minimum Gasteiger partial charge on any atom is -0.488 e. The van der Waals surface area contributed by atoms with E-state index in [2.05, 4.69) is 56.3 Å². The van der Waals surface area contributed by atoms with Crippen LogP contribution in [0.3, 0.4) is 0 Å². The standard InChI is InChI=1S/C25H26O3/c1-18(2)23-10-6-9-21(14-11-19-7-4-3-5-8-19)24(23)28-17-20-12-15-22(16-13-20)25(26)27/h3-10,12-13,15-16,18H,11,14,17H2,1-2H3,(H,26,27). The van der Waals surface area contributed by atoms with Crippen LogP contribution in [0.1, 0.15) is 52.4 Å². The number of ether oxygens (including phenoxy) is 1. The molecule has 3 heteroatoms. The molecule has 0 fully saturated rings. The van der Waals surface area contributed by atoms with E-state index in [-0.39, 0.29) is 5.56 Å². The summed E-state index contributed by atoms with van der Waals surface area (Å²) in [7, 11) is 0. The number of hydrogen-bond donors (Lipinski definition) is 1. The first-order chi connectivity index (χ1) is 13.5. The van der Waals surface area contributed by atoms with E-state index in [4.69, 9.17) is 9.84 Å². The number of aryl methyl sites for hydroxylation is 2. The van der Waals surface area contributed by atoms with Crippen LogP contribution in [0.4, 0.5) is 0 Å². The molecule has 0 unspecified atom stereocenters. The monoisotopic (exact) mass is 374 g/mol. The van der Waals surface area contributed by atoms with Crippen molar-refractivity contribution in [2.45, 2.75) is 39.2 Å². The van der Waals surface area contributed by atoms with Gasteiger partial charge in [0.1, 0.15) is 12.4 Å². The summed E-state index contributed by atoms with van der Waals surface area (Å²) in [6.45, 7) is 4.76. The molecular weight excluding hydrogens is 348 g/mol. The number of para-hydroxylation sites is 1. The van der Waals surface area contributed by atoms with Crippen LogP contribution >= 0.6 is 0 Å². The molecule has 3 nitrogen and oxygen atoms in total. The number of hydrogen-bond acceptors (Lipinski definition) is 2. The SMILES string of the molecule is CC(C)c1cccc(CCc2ccccc2)c1OCc1ccc(C(=O)O)cc1. The third kappa shape index (κ3) is 5.01. The molecule has 0 amide bonds. The van der Waals surface area contributed by atoms with Crippen LogP contribution < -0.4 is 4.74 Å².